The van der Waals surface area contributed by atoms with Gasteiger partial charge in [-0.25, -0.2) is 9.97 Å². The summed E-state index contributed by atoms with van der Waals surface area (Å²) < 4.78 is 1.02. The summed E-state index contributed by atoms with van der Waals surface area (Å²) in [4.78, 5) is 11.8. The van der Waals surface area contributed by atoms with Crippen LogP contribution < -0.4 is 0 Å². The van der Waals surface area contributed by atoms with Gasteiger partial charge in [0.05, 0.1) is 0 Å². The number of hydrogen-bond donors (Lipinski definition) is 1. The fourth-order valence-electron chi connectivity index (χ4n) is 1.80. The van der Waals surface area contributed by atoms with Gasteiger partial charge in [0.1, 0.15) is 16.9 Å². The molecule has 1 aromatic carbocycles. The van der Waals surface area contributed by atoms with E-state index in [1.165, 1.54) is 0 Å². The Hall–Kier alpha value is -1.13. The molecule has 0 saturated carbocycles. The van der Waals surface area contributed by atoms with E-state index < -0.39 is 0 Å². The van der Waals surface area contributed by atoms with Crippen molar-refractivity contribution in [2.75, 3.05) is 0 Å². The second-order valence-electron chi connectivity index (χ2n) is 3.60. The highest BCUT2D eigenvalue weighted by Crippen LogP contribution is 2.29. The van der Waals surface area contributed by atoms with Crippen LogP contribution in [0.3, 0.4) is 0 Å². The number of hydrogen-bond acceptors (Lipinski definition) is 2. The molecule has 3 rings (SSSR count). The van der Waals surface area contributed by atoms with Crippen molar-refractivity contribution in [3.05, 3.63) is 33.6 Å². The Kier molecular flexibility index (Phi) is 2.16. The third-order valence-corrected chi connectivity index (χ3v) is 3.24. The second kappa shape index (κ2) is 3.43. The lowest BCUT2D eigenvalue weighted by atomic mass is 10.2. The van der Waals surface area contributed by atoms with Gasteiger partial charge < -0.3 is 4.98 Å². The predicted octanol–water partition coefficient (Wildman–Crippen LogP) is 3.84. The minimum Gasteiger partial charge on any atom is -0.351 e. The molecule has 1 N–H and O–H groups in total. The SMILES string of the molecule is Cc1nc(Cl)c2[nH]c3ccc(Br)cc3c2n1. The number of aromatic nitrogens is 3. The highest BCUT2D eigenvalue weighted by Gasteiger charge is 2.10. The van der Waals surface area contributed by atoms with E-state index in [-0.39, 0.29) is 0 Å². The van der Waals surface area contributed by atoms with E-state index in [0.717, 1.165) is 26.4 Å². The van der Waals surface area contributed by atoms with Crippen LogP contribution in [0, 0.1) is 6.92 Å². The normalized spacial score (nSPS) is 11.4. The van der Waals surface area contributed by atoms with Crippen LogP contribution in [0.1, 0.15) is 5.82 Å². The first-order valence-electron chi connectivity index (χ1n) is 4.76. The van der Waals surface area contributed by atoms with Crippen molar-refractivity contribution in [2.24, 2.45) is 0 Å². The summed E-state index contributed by atoms with van der Waals surface area (Å²) in [5.74, 6) is 0.679. The first-order valence-corrected chi connectivity index (χ1v) is 5.93. The number of halogens is 2. The fraction of sp³-hybridized carbons (Fsp3) is 0.0909. The maximum Gasteiger partial charge on any atom is 0.156 e. The van der Waals surface area contributed by atoms with Crippen molar-refractivity contribution in [3.63, 3.8) is 0 Å². The number of nitrogens with zero attached hydrogens (tertiary/aromatic N) is 2. The Bertz CT molecular complexity index is 705. The third-order valence-electron chi connectivity index (χ3n) is 2.47. The van der Waals surface area contributed by atoms with Crippen molar-refractivity contribution in [3.8, 4) is 0 Å². The lowest BCUT2D eigenvalue weighted by Gasteiger charge is -1.95. The monoisotopic (exact) mass is 295 g/mol. The molecular weight excluding hydrogens is 289 g/mol. The van der Waals surface area contributed by atoms with Crippen LogP contribution in [0.25, 0.3) is 21.9 Å². The topological polar surface area (TPSA) is 41.6 Å². The van der Waals surface area contributed by atoms with Crippen molar-refractivity contribution in [1.82, 2.24) is 15.0 Å². The molecule has 3 aromatic rings. The maximum atomic E-state index is 6.08. The summed E-state index contributed by atoms with van der Waals surface area (Å²) in [5, 5.41) is 1.52. The third kappa shape index (κ3) is 1.41. The molecule has 80 valence electrons. The molecule has 16 heavy (non-hydrogen) atoms. The van der Waals surface area contributed by atoms with E-state index in [2.05, 4.69) is 30.9 Å². The molecule has 2 heterocycles. The zero-order valence-electron chi connectivity index (χ0n) is 8.38. The number of benzene rings is 1. The van der Waals surface area contributed by atoms with E-state index >= 15 is 0 Å². The summed E-state index contributed by atoms with van der Waals surface area (Å²) in [7, 11) is 0. The summed E-state index contributed by atoms with van der Waals surface area (Å²) in [6.45, 7) is 1.84. The largest absolute Gasteiger partial charge is 0.351 e. The van der Waals surface area contributed by atoms with Crippen LogP contribution >= 0.6 is 27.5 Å². The first kappa shape index (κ1) is 10.1. The number of rotatable bonds is 0. The Labute approximate surface area is 105 Å². The molecule has 0 fully saturated rings. The van der Waals surface area contributed by atoms with E-state index in [9.17, 15) is 0 Å². The Morgan fingerprint density at radius 1 is 1.31 bits per heavy atom. The Morgan fingerprint density at radius 3 is 2.94 bits per heavy atom. The van der Waals surface area contributed by atoms with Crippen molar-refractivity contribution < 1.29 is 0 Å². The van der Waals surface area contributed by atoms with Gasteiger partial charge in [-0.3, -0.25) is 0 Å². The van der Waals surface area contributed by atoms with Gasteiger partial charge in [-0.15, -0.1) is 0 Å². The van der Waals surface area contributed by atoms with Crippen molar-refractivity contribution >= 4 is 49.5 Å². The van der Waals surface area contributed by atoms with Crippen LogP contribution in [0.2, 0.25) is 5.15 Å². The van der Waals surface area contributed by atoms with Crippen LogP contribution in [-0.4, -0.2) is 15.0 Å². The summed E-state index contributed by atoms with van der Waals surface area (Å²) >= 11 is 9.53. The zero-order valence-corrected chi connectivity index (χ0v) is 10.7. The average Bonchev–Trinajstić information content (AvgIpc) is 2.57. The van der Waals surface area contributed by atoms with Crippen LogP contribution in [0.5, 0.6) is 0 Å². The van der Waals surface area contributed by atoms with Gasteiger partial charge in [0, 0.05) is 15.4 Å². The number of nitrogens with one attached hydrogen (secondary N) is 1. The molecule has 3 nitrogen and oxygen atoms in total. The molecule has 0 saturated heterocycles. The minimum atomic E-state index is 0.467. The van der Waals surface area contributed by atoms with E-state index in [1.807, 2.05) is 25.1 Å². The molecule has 0 aliphatic heterocycles. The fourth-order valence-corrected chi connectivity index (χ4v) is 2.42. The standard InChI is InChI=1S/C11H7BrClN3/c1-5-14-9-7-4-6(12)2-3-8(7)16-10(9)11(13)15-5/h2-4,16H,1H3. The lowest BCUT2D eigenvalue weighted by molar-refractivity contribution is 1.09. The summed E-state index contributed by atoms with van der Waals surface area (Å²) in [6, 6.07) is 6.00. The maximum absolute atomic E-state index is 6.08. The predicted molar refractivity (Wildman–Crippen MR) is 68.8 cm³/mol. The van der Waals surface area contributed by atoms with Gasteiger partial charge in [0.2, 0.25) is 0 Å². The quantitative estimate of drug-likeness (QED) is 0.640. The molecular formula is C11H7BrClN3. The van der Waals surface area contributed by atoms with Gasteiger partial charge in [-0.1, -0.05) is 27.5 Å². The molecule has 0 aliphatic rings. The second-order valence-corrected chi connectivity index (χ2v) is 4.87. The molecule has 0 amide bonds. The minimum absolute atomic E-state index is 0.467. The molecule has 0 spiro atoms. The van der Waals surface area contributed by atoms with Gasteiger partial charge >= 0.3 is 0 Å². The molecule has 5 heteroatoms. The van der Waals surface area contributed by atoms with Gasteiger partial charge in [0.25, 0.3) is 0 Å². The number of fused-ring (bicyclic) bond motifs is 3. The molecule has 0 unspecified atom stereocenters. The zero-order chi connectivity index (χ0) is 11.3. The summed E-state index contributed by atoms with van der Waals surface area (Å²) in [6.07, 6.45) is 0. The molecule has 2 aromatic heterocycles. The molecule has 0 aliphatic carbocycles. The smallest absolute Gasteiger partial charge is 0.156 e. The van der Waals surface area contributed by atoms with Crippen molar-refractivity contribution in [1.29, 1.82) is 0 Å². The van der Waals surface area contributed by atoms with Gasteiger partial charge in [-0.2, -0.15) is 0 Å². The van der Waals surface area contributed by atoms with Crippen molar-refractivity contribution in [2.45, 2.75) is 6.92 Å². The highest BCUT2D eigenvalue weighted by atomic mass is 79.9. The van der Waals surface area contributed by atoms with Crippen LogP contribution in [0.4, 0.5) is 0 Å². The first-order chi connectivity index (χ1) is 7.65. The lowest BCUT2D eigenvalue weighted by Crippen LogP contribution is -1.88. The summed E-state index contributed by atoms with van der Waals surface area (Å²) in [5.41, 5.74) is 2.68. The van der Waals surface area contributed by atoms with Crippen LogP contribution in [0.15, 0.2) is 22.7 Å². The van der Waals surface area contributed by atoms with E-state index in [0.29, 0.717) is 11.0 Å². The molecule has 0 bridgehead atoms. The Morgan fingerprint density at radius 2 is 2.12 bits per heavy atom. The van der Waals surface area contributed by atoms with E-state index in [1.54, 1.807) is 0 Å². The number of aromatic amines is 1. The Balaban J connectivity index is 2.57. The van der Waals surface area contributed by atoms with Crippen LogP contribution in [-0.2, 0) is 0 Å². The van der Waals surface area contributed by atoms with Gasteiger partial charge in [0.15, 0.2) is 5.15 Å². The van der Waals surface area contributed by atoms with Gasteiger partial charge in [-0.05, 0) is 25.1 Å². The number of H-pyrrole nitrogens is 1. The average molecular weight is 297 g/mol. The van der Waals surface area contributed by atoms with E-state index in [4.69, 9.17) is 11.6 Å². The molecule has 0 radical (unpaired) electrons. The number of aryl methyl sites for hydroxylation is 1. The highest BCUT2D eigenvalue weighted by molar-refractivity contribution is 9.10. The molecule has 0 atom stereocenters.